The number of Topliss-reactive ketones (excluding diaryl/α,β-unsaturated/α-hetero) is 1. The molecule has 112 valence electrons. The molecule has 0 N–H and O–H groups in total. The minimum absolute atomic E-state index is 0.0837. The van der Waals surface area contributed by atoms with Crippen LogP contribution in [0.2, 0.25) is 0 Å². The second-order valence-corrected chi connectivity index (χ2v) is 5.03. The summed E-state index contributed by atoms with van der Waals surface area (Å²) < 4.78 is 10.0. The van der Waals surface area contributed by atoms with Gasteiger partial charge in [0, 0.05) is 17.9 Å². The summed E-state index contributed by atoms with van der Waals surface area (Å²) in [6, 6.07) is 8.79. The minimum atomic E-state index is -1.01. The van der Waals surface area contributed by atoms with Crippen molar-refractivity contribution in [3.8, 4) is 0 Å². The number of rotatable bonds is 5. The maximum Gasteiger partial charge on any atom is 0.321 e. The van der Waals surface area contributed by atoms with E-state index in [1.54, 1.807) is 38.1 Å². The maximum absolute atomic E-state index is 12.3. The molecule has 2 rings (SSSR count). The highest BCUT2D eigenvalue weighted by Crippen LogP contribution is 2.33. The summed E-state index contributed by atoms with van der Waals surface area (Å²) in [6.07, 6.45) is -0.389. The summed E-state index contributed by atoms with van der Waals surface area (Å²) in [5.41, 5.74) is 0.562. The number of benzene rings is 1. The van der Waals surface area contributed by atoms with E-state index in [1.807, 2.05) is 6.07 Å². The SMILES string of the molecule is CCOC(=O)[C@H]1C(=O)O[C@H](C)[C@@H]1CC(=O)c1ccccc1. The predicted molar refractivity (Wildman–Crippen MR) is 74.6 cm³/mol. The van der Waals surface area contributed by atoms with E-state index in [0.29, 0.717) is 5.56 Å². The zero-order valence-corrected chi connectivity index (χ0v) is 12.1. The van der Waals surface area contributed by atoms with Crippen molar-refractivity contribution in [1.82, 2.24) is 0 Å². The average Bonchev–Trinajstić information content (AvgIpc) is 2.74. The van der Waals surface area contributed by atoms with Gasteiger partial charge in [-0.25, -0.2) is 0 Å². The second kappa shape index (κ2) is 6.52. The van der Waals surface area contributed by atoms with Crippen LogP contribution in [0.1, 0.15) is 30.6 Å². The minimum Gasteiger partial charge on any atom is -0.465 e. The van der Waals surface area contributed by atoms with Crippen LogP contribution in [-0.2, 0) is 19.1 Å². The predicted octanol–water partition coefficient (Wildman–Crippen LogP) is 2.00. The molecule has 0 aromatic heterocycles. The van der Waals surface area contributed by atoms with Crippen molar-refractivity contribution in [3.63, 3.8) is 0 Å². The van der Waals surface area contributed by atoms with Gasteiger partial charge in [-0.15, -0.1) is 0 Å². The highest BCUT2D eigenvalue weighted by atomic mass is 16.6. The zero-order chi connectivity index (χ0) is 15.4. The number of cyclic esters (lactones) is 1. The number of esters is 2. The number of carbonyl (C=O) groups is 3. The molecular weight excluding hydrogens is 272 g/mol. The van der Waals surface area contributed by atoms with E-state index in [-0.39, 0.29) is 18.8 Å². The Labute approximate surface area is 123 Å². The van der Waals surface area contributed by atoms with E-state index in [4.69, 9.17) is 9.47 Å². The number of ether oxygens (including phenoxy) is 2. The van der Waals surface area contributed by atoms with E-state index >= 15 is 0 Å². The smallest absolute Gasteiger partial charge is 0.321 e. The zero-order valence-electron chi connectivity index (χ0n) is 12.1. The highest BCUT2D eigenvalue weighted by Gasteiger charge is 2.48. The van der Waals surface area contributed by atoms with Gasteiger partial charge in [0.25, 0.3) is 0 Å². The molecule has 0 aliphatic carbocycles. The first-order valence-corrected chi connectivity index (χ1v) is 7.00. The molecule has 3 atom stereocenters. The number of hydrogen-bond acceptors (Lipinski definition) is 5. The normalized spacial score (nSPS) is 24.5. The van der Waals surface area contributed by atoms with Gasteiger partial charge in [-0.2, -0.15) is 0 Å². The third-order valence-corrected chi connectivity index (χ3v) is 3.64. The van der Waals surface area contributed by atoms with Crippen LogP contribution < -0.4 is 0 Å². The highest BCUT2D eigenvalue weighted by molar-refractivity contribution is 6.00. The molecule has 1 aliphatic heterocycles. The standard InChI is InChI=1S/C16H18O5/c1-3-20-15(18)14-12(10(2)21-16(14)19)9-13(17)11-7-5-4-6-8-11/h4-8,10,12,14H,3,9H2,1-2H3/t10-,12+,14+/m1/s1. The quantitative estimate of drug-likeness (QED) is 0.471. The van der Waals surface area contributed by atoms with E-state index in [9.17, 15) is 14.4 Å². The second-order valence-electron chi connectivity index (χ2n) is 5.03. The lowest BCUT2D eigenvalue weighted by Gasteiger charge is -2.16. The molecule has 1 saturated heterocycles. The molecule has 0 saturated carbocycles. The van der Waals surface area contributed by atoms with Crippen molar-refractivity contribution in [2.45, 2.75) is 26.4 Å². The molecule has 1 heterocycles. The van der Waals surface area contributed by atoms with Crippen LogP contribution in [0.4, 0.5) is 0 Å². The Hall–Kier alpha value is -2.17. The molecule has 1 aromatic rings. The molecule has 0 spiro atoms. The van der Waals surface area contributed by atoms with E-state index in [2.05, 4.69) is 0 Å². The van der Waals surface area contributed by atoms with E-state index in [0.717, 1.165) is 0 Å². The van der Waals surface area contributed by atoms with Crippen molar-refractivity contribution in [2.24, 2.45) is 11.8 Å². The number of hydrogen-bond donors (Lipinski definition) is 0. The molecule has 1 fully saturated rings. The number of carbonyl (C=O) groups excluding carboxylic acids is 3. The van der Waals surface area contributed by atoms with Gasteiger partial charge in [0.15, 0.2) is 11.7 Å². The summed E-state index contributed by atoms with van der Waals surface area (Å²) in [5, 5.41) is 0. The molecule has 0 amide bonds. The molecule has 0 radical (unpaired) electrons. The van der Waals surface area contributed by atoms with Crippen LogP contribution >= 0.6 is 0 Å². The molecule has 1 aromatic carbocycles. The fourth-order valence-electron chi connectivity index (χ4n) is 2.53. The summed E-state index contributed by atoms with van der Waals surface area (Å²) in [5.74, 6) is -2.82. The Bertz CT molecular complexity index is 537. The van der Waals surface area contributed by atoms with Crippen LogP contribution in [0.25, 0.3) is 0 Å². The largest absolute Gasteiger partial charge is 0.465 e. The Balaban J connectivity index is 2.14. The topological polar surface area (TPSA) is 69.7 Å². The Morgan fingerprint density at radius 2 is 1.90 bits per heavy atom. The van der Waals surface area contributed by atoms with Crippen molar-refractivity contribution in [1.29, 1.82) is 0 Å². The summed E-state index contributed by atoms with van der Waals surface area (Å²) in [4.78, 5) is 36.0. The van der Waals surface area contributed by atoms with Crippen molar-refractivity contribution < 1.29 is 23.9 Å². The first kappa shape index (κ1) is 15.2. The van der Waals surface area contributed by atoms with Crippen LogP contribution in [-0.4, -0.2) is 30.4 Å². The molecular formula is C16H18O5. The monoisotopic (exact) mass is 290 g/mol. The Morgan fingerprint density at radius 3 is 2.52 bits per heavy atom. The third kappa shape index (κ3) is 3.29. The Kier molecular flexibility index (Phi) is 4.73. The van der Waals surface area contributed by atoms with Gasteiger partial charge in [0.1, 0.15) is 6.10 Å². The van der Waals surface area contributed by atoms with Gasteiger partial charge in [-0.05, 0) is 13.8 Å². The average molecular weight is 290 g/mol. The lowest BCUT2D eigenvalue weighted by molar-refractivity contribution is -0.156. The third-order valence-electron chi connectivity index (χ3n) is 3.64. The summed E-state index contributed by atoms with van der Waals surface area (Å²) in [6.45, 7) is 3.56. The molecule has 0 unspecified atom stereocenters. The first-order chi connectivity index (χ1) is 10.0. The van der Waals surface area contributed by atoms with Crippen molar-refractivity contribution in [2.75, 3.05) is 6.61 Å². The van der Waals surface area contributed by atoms with Crippen molar-refractivity contribution in [3.05, 3.63) is 35.9 Å². The fourth-order valence-corrected chi connectivity index (χ4v) is 2.53. The van der Waals surface area contributed by atoms with Crippen LogP contribution in [0.5, 0.6) is 0 Å². The fraction of sp³-hybridized carbons (Fsp3) is 0.438. The van der Waals surface area contributed by atoms with Crippen molar-refractivity contribution >= 4 is 17.7 Å². The molecule has 5 nitrogen and oxygen atoms in total. The van der Waals surface area contributed by atoms with Gasteiger partial charge in [-0.1, -0.05) is 30.3 Å². The van der Waals surface area contributed by atoms with Gasteiger partial charge in [0.2, 0.25) is 0 Å². The van der Waals surface area contributed by atoms with Crippen LogP contribution in [0.3, 0.4) is 0 Å². The molecule has 1 aliphatic rings. The van der Waals surface area contributed by atoms with Gasteiger partial charge in [-0.3, -0.25) is 14.4 Å². The lowest BCUT2D eigenvalue weighted by Crippen LogP contribution is -2.30. The van der Waals surface area contributed by atoms with E-state index in [1.165, 1.54) is 0 Å². The maximum atomic E-state index is 12.3. The lowest BCUT2D eigenvalue weighted by atomic mass is 9.85. The van der Waals surface area contributed by atoms with Gasteiger partial charge in [0.05, 0.1) is 6.61 Å². The van der Waals surface area contributed by atoms with E-state index < -0.39 is 29.9 Å². The van der Waals surface area contributed by atoms with Gasteiger partial charge < -0.3 is 9.47 Å². The van der Waals surface area contributed by atoms with Crippen LogP contribution in [0.15, 0.2) is 30.3 Å². The molecule has 0 bridgehead atoms. The number of ketones is 1. The molecule has 21 heavy (non-hydrogen) atoms. The summed E-state index contributed by atoms with van der Waals surface area (Å²) in [7, 11) is 0. The Morgan fingerprint density at radius 1 is 1.24 bits per heavy atom. The van der Waals surface area contributed by atoms with Crippen LogP contribution in [0, 0.1) is 11.8 Å². The summed E-state index contributed by atoms with van der Waals surface area (Å²) >= 11 is 0. The first-order valence-electron chi connectivity index (χ1n) is 7.00. The van der Waals surface area contributed by atoms with Gasteiger partial charge >= 0.3 is 11.9 Å². The molecule has 5 heteroatoms.